The zero-order chi connectivity index (χ0) is 24.7. The van der Waals surface area contributed by atoms with Crippen LogP contribution >= 0.6 is 0 Å². The quantitative estimate of drug-likeness (QED) is 0.288. The van der Waals surface area contributed by atoms with Crippen LogP contribution in [0.3, 0.4) is 0 Å². The number of esters is 1. The molecule has 4 heteroatoms. The van der Waals surface area contributed by atoms with E-state index >= 15 is 0 Å². The number of aryl methyl sites for hydroxylation is 1. The number of rotatable bonds is 8. The highest BCUT2D eigenvalue weighted by molar-refractivity contribution is 5.98. The fraction of sp³-hybridized carbons (Fsp3) is 0.161. The van der Waals surface area contributed by atoms with Crippen LogP contribution in [0.15, 0.2) is 115 Å². The van der Waals surface area contributed by atoms with Gasteiger partial charge in [0.05, 0.1) is 7.11 Å². The van der Waals surface area contributed by atoms with Crippen LogP contribution < -0.4 is 5.32 Å². The SMILES string of the molecule is COC(=O)[C@@H](Cc1cccc(C)c1)NC(=O)C(c1ccccc1)(c1ccccc1)c1ccccc1. The molecule has 1 atom stereocenters. The van der Waals surface area contributed by atoms with Gasteiger partial charge in [0.1, 0.15) is 11.5 Å². The average molecular weight is 464 g/mol. The number of carbonyl (C=O) groups is 2. The van der Waals surface area contributed by atoms with Gasteiger partial charge in [-0.2, -0.15) is 0 Å². The summed E-state index contributed by atoms with van der Waals surface area (Å²) >= 11 is 0. The van der Waals surface area contributed by atoms with Crippen LogP contribution in [0.25, 0.3) is 0 Å². The zero-order valence-electron chi connectivity index (χ0n) is 20.0. The first kappa shape index (κ1) is 24.0. The monoisotopic (exact) mass is 463 g/mol. The van der Waals surface area contributed by atoms with Gasteiger partial charge in [0, 0.05) is 6.42 Å². The number of carbonyl (C=O) groups excluding carboxylic acids is 2. The molecule has 4 rings (SSSR count). The third kappa shape index (κ3) is 5.02. The molecule has 35 heavy (non-hydrogen) atoms. The minimum atomic E-state index is -1.16. The summed E-state index contributed by atoms with van der Waals surface area (Å²) < 4.78 is 5.09. The van der Waals surface area contributed by atoms with Crippen LogP contribution in [0.5, 0.6) is 0 Å². The maximum Gasteiger partial charge on any atom is 0.328 e. The van der Waals surface area contributed by atoms with Gasteiger partial charge in [0.25, 0.3) is 0 Å². The average Bonchev–Trinajstić information content (AvgIpc) is 2.90. The fourth-order valence-electron chi connectivity index (χ4n) is 4.63. The second kappa shape index (κ2) is 10.8. The Labute approximate surface area is 206 Å². The summed E-state index contributed by atoms with van der Waals surface area (Å²) in [6.07, 6.45) is 0.328. The number of nitrogens with one attached hydrogen (secondary N) is 1. The van der Waals surface area contributed by atoms with Crippen molar-refractivity contribution < 1.29 is 14.3 Å². The lowest BCUT2D eigenvalue weighted by Gasteiger charge is -2.35. The molecule has 0 unspecified atom stereocenters. The Hall–Kier alpha value is -4.18. The summed E-state index contributed by atoms with van der Waals surface area (Å²) in [5.74, 6) is -0.771. The summed E-state index contributed by atoms with van der Waals surface area (Å²) in [5.41, 5.74) is 3.31. The van der Waals surface area contributed by atoms with Crippen molar-refractivity contribution in [2.24, 2.45) is 0 Å². The second-order valence-electron chi connectivity index (χ2n) is 8.59. The van der Waals surface area contributed by atoms with Crippen molar-refractivity contribution in [2.75, 3.05) is 7.11 Å². The van der Waals surface area contributed by atoms with Crippen LogP contribution in [0, 0.1) is 6.92 Å². The largest absolute Gasteiger partial charge is 0.467 e. The first-order valence-corrected chi connectivity index (χ1v) is 11.7. The molecule has 0 bridgehead atoms. The minimum Gasteiger partial charge on any atom is -0.467 e. The van der Waals surface area contributed by atoms with E-state index < -0.39 is 17.4 Å². The molecule has 0 fully saturated rings. The van der Waals surface area contributed by atoms with Gasteiger partial charge in [-0.05, 0) is 29.2 Å². The summed E-state index contributed by atoms with van der Waals surface area (Å²) in [7, 11) is 1.34. The zero-order valence-corrected chi connectivity index (χ0v) is 20.0. The van der Waals surface area contributed by atoms with Crippen LogP contribution in [0.2, 0.25) is 0 Å². The highest BCUT2D eigenvalue weighted by Crippen LogP contribution is 2.39. The topological polar surface area (TPSA) is 55.4 Å². The lowest BCUT2D eigenvalue weighted by molar-refractivity contribution is -0.145. The van der Waals surface area contributed by atoms with Crippen molar-refractivity contribution in [3.8, 4) is 0 Å². The molecule has 0 aliphatic heterocycles. The van der Waals surface area contributed by atoms with Gasteiger partial charge >= 0.3 is 5.97 Å². The third-order valence-corrected chi connectivity index (χ3v) is 6.27. The maximum atomic E-state index is 14.4. The molecule has 1 N–H and O–H groups in total. The molecular weight excluding hydrogens is 434 g/mol. The van der Waals surface area contributed by atoms with E-state index in [1.165, 1.54) is 7.11 Å². The number of hydrogen-bond acceptors (Lipinski definition) is 3. The fourth-order valence-corrected chi connectivity index (χ4v) is 4.63. The molecule has 4 nitrogen and oxygen atoms in total. The van der Waals surface area contributed by atoms with Gasteiger partial charge in [0.2, 0.25) is 5.91 Å². The van der Waals surface area contributed by atoms with E-state index in [1.54, 1.807) is 0 Å². The minimum absolute atomic E-state index is 0.288. The molecule has 0 aromatic heterocycles. The molecule has 1 amide bonds. The van der Waals surface area contributed by atoms with E-state index in [9.17, 15) is 9.59 Å². The summed E-state index contributed by atoms with van der Waals surface area (Å²) in [5, 5.41) is 3.06. The first-order chi connectivity index (χ1) is 17.1. The van der Waals surface area contributed by atoms with E-state index in [2.05, 4.69) is 5.32 Å². The van der Waals surface area contributed by atoms with Gasteiger partial charge in [-0.25, -0.2) is 4.79 Å². The van der Waals surface area contributed by atoms with E-state index in [1.807, 2.05) is 122 Å². The normalized spacial score (nSPS) is 11.9. The molecule has 0 saturated carbocycles. The van der Waals surface area contributed by atoms with Crippen molar-refractivity contribution in [2.45, 2.75) is 24.8 Å². The van der Waals surface area contributed by atoms with Crippen molar-refractivity contribution >= 4 is 11.9 Å². The van der Waals surface area contributed by atoms with Crippen LogP contribution in [0.1, 0.15) is 27.8 Å². The first-order valence-electron chi connectivity index (χ1n) is 11.7. The summed E-state index contributed by atoms with van der Waals surface area (Å²) in [6, 6.07) is 36.1. The molecule has 176 valence electrons. The van der Waals surface area contributed by atoms with Gasteiger partial charge in [-0.15, -0.1) is 0 Å². The highest BCUT2D eigenvalue weighted by atomic mass is 16.5. The smallest absolute Gasteiger partial charge is 0.328 e. The predicted octanol–water partition coefficient (Wildman–Crippen LogP) is 5.23. The molecule has 0 saturated heterocycles. The lowest BCUT2D eigenvalue weighted by atomic mass is 9.68. The van der Waals surface area contributed by atoms with Gasteiger partial charge in [-0.1, -0.05) is 121 Å². The molecule has 0 spiro atoms. The predicted molar refractivity (Wildman–Crippen MR) is 138 cm³/mol. The molecule has 0 radical (unpaired) electrons. The lowest BCUT2D eigenvalue weighted by Crippen LogP contribution is -2.52. The van der Waals surface area contributed by atoms with Crippen molar-refractivity contribution in [1.82, 2.24) is 5.32 Å². The van der Waals surface area contributed by atoms with Crippen molar-refractivity contribution in [3.05, 3.63) is 143 Å². The van der Waals surface area contributed by atoms with E-state index in [4.69, 9.17) is 4.74 Å². The van der Waals surface area contributed by atoms with Crippen LogP contribution in [-0.4, -0.2) is 25.0 Å². The van der Waals surface area contributed by atoms with E-state index in [0.717, 1.165) is 27.8 Å². The molecule has 0 heterocycles. The summed E-state index contributed by atoms with van der Waals surface area (Å²) in [6.45, 7) is 2.00. The number of amides is 1. The molecule has 0 aliphatic rings. The summed E-state index contributed by atoms with van der Waals surface area (Å²) in [4.78, 5) is 27.3. The maximum absolute atomic E-state index is 14.4. The Bertz CT molecular complexity index is 1170. The standard InChI is InChI=1S/C31H29NO3/c1-23-13-12-14-24(21-23)22-28(29(33)35-2)32-30(34)31(25-15-6-3-7-16-25,26-17-8-4-9-18-26)27-19-10-5-11-20-27/h3-21,28H,22H2,1-2H3,(H,32,34)/t28-/m1/s1. The van der Waals surface area contributed by atoms with Crippen LogP contribution in [0.4, 0.5) is 0 Å². The van der Waals surface area contributed by atoms with E-state index in [0.29, 0.717) is 6.42 Å². The number of hydrogen-bond donors (Lipinski definition) is 1. The number of benzene rings is 4. The van der Waals surface area contributed by atoms with Crippen molar-refractivity contribution in [3.63, 3.8) is 0 Å². The Balaban J connectivity index is 1.85. The van der Waals surface area contributed by atoms with Crippen LogP contribution in [-0.2, 0) is 26.2 Å². The van der Waals surface area contributed by atoms with Crippen molar-refractivity contribution in [1.29, 1.82) is 0 Å². The molecule has 0 aliphatic carbocycles. The molecular formula is C31H29NO3. The number of methoxy groups -OCH3 is 1. The van der Waals surface area contributed by atoms with Gasteiger partial charge in [-0.3, -0.25) is 4.79 Å². The Morgan fingerprint density at radius 1 is 0.743 bits per heavy atom. The van der Waals surface area contributed by atoms with Gasteiger partial charge in [0.15, 0.2) is 0 Å². The molecule has 4 aromatic carbocycles. The Morgan fingerprint density at radius 3 is 1.66 bits per heavy atom. The third-order valence-electron chi connectivity index (χ3n) is 6.27. The van der Waals surface area contributed by atoms with E-state index in [-0.39, 0.29) is 5.91 Å². The molecule has 4 aromatic rings. The highest BCUT2D eigenvalue weighted by Gasteiger charge is 2.45. The van der Waals surface area contributed by atoms with Gasteiger partial charge < -0.3 is 10.1 Å². The Morgan fingerprint density at radius 2 is 1.23 bits per heavy atom. The number of ether oxygens (including phenoxy) is 1. The Kier molecular flexibility index (Phi) is 7.41. The second-order valence-corrected chi connectivity index (χ2v) is 8.59.